The number of imidazole rings is 1. The van der Waals surface area contributed by atoms with Gasteiger partial charge in [-0.2, -0.15) is 0 Å². The number of Topliss-reactive ketones (excluding diaryl/α,β-unsaturated/α-hetero) is 1. The first-order chi connectivity index (χ1) is 14.3. The van der Waals surface area contributed by atoms with E-state index in [0.717, 1.165) is 24.0 Å². The lowest BCUT2D eigenvalue weighted by Crippen LogP contribution is -2.27. The van der Waals surface area contributed by atoms with Crippen molar-refractivity contribution in [2.75, 3.05) is 0 Å². The van der Waals surface area contributed by atoms with Crippen LogP contribution in [0, 0.1) is 5.41 Å². The van der Waals surface area contributed by atoms with Crippen molar-refractivity contribution in [3.05, 3.63) is 58.5 Å². The number of allylic oxidation sites excluding steroid dienone is 2. The molecule has 2 N–H and O–H groups in total. The SMILES string of the molecule is Br.CCC(=CCn1ccn(CC(=O)c2cc(C(C)(C)C)c(O)c(C(C)(C)C)c2)c1=N)CC. The lowest BCUT2D eigenvalue weighted by Gasteiger charge is -2.28. The summed E-state index contributed by atoms with van der Waals surface area (Å²) in [4.78, 5) is 13.2. The monoisotopic (exact) mass is 505 g/mol. The maximum atomic E-state index is 13.2. The smallest absolute Gasteiger partial charge is 0.202 e. The van der Waals surface area contributed by atoms with Gasteiger partial charge in [-0.05, 0) is 35.8 Å². The summed E-state index contributed by atoms with van der Waals surface area (Å²) in [5.74, 6) is 0.205. The van der Waals surface area contributed by atoms with E-state index < -0.39 is 0 Å². The number of hydrogen-bond donors (Lipinski definition) is 2. The van der Waals surface area contributed by atoms with E-state index >= 15 is 0 Å². The van der Waals surface area contributed by atoms with Crippen molar-refractivity contribution in [1.82, 2.24) is 9.13 Å². The number of ketones is 1. The molecule has 0 amide bonds. The summed E-state index contributed by atoms with van der Waals surface area (Å²) in [5, 5.41) is 19.4. The third-order valence-corrected chi connectivity index (χ3v) is 5.82. The van der Waals surface area contributed by atoms with Gasteiger partial charge in [0.05, 0.1) is 6.54 Å². The van der Waals surface area contributed by atoms with Crippen LogP contribution in [0.3, 0.4) is 0 Å². The maximum Gasteiger partial charge on any atom is 0.202 e. The number of phenols is 1. The highest BCUT2D eigenvalue weighted by Crippen LogP contribution is 2.39. The van der Waals surface area contributed by atoms with E-state index in [1.165, 1.54) is 5.57 Å². The number of rotatable bonds is 7. The minimum absolute atomic E-state index is 0. The maximum absolute atomic E-state index is 13.2. The van der Waals surface area contributed by atoms with Crippen LogP contribution in [0.15, 0.2) is 36.2 Å². The summed E-state index contributed by atoms with van der Waals surface area (Å²) in [6.45, 7) is 17.2. The molecule has 1 aromatic heterocycles. The molecule has 1 heterocycles. The molecular formula is C26H40BrN3O2. The van der Waals surface area contributed by atoms with Crippen molar-refractivity contribution < 1.29 is 9.90 Å². The van der Waals surface area contributed by atoms with Crippen LogP contribution in [0.4, 0.5) is 0 Å². The summed E-state index contributed by atoms with van der Waals surface area (Å²) in [7, 11) is 0. The van der Waals surface area contributed by atoms with Gasteiger partial charge in [-0.25, -0.2) is 0 Å². The van der Waals surface area contributed by atoms with Gasteiger partial charge in [0.25, 0.3) is 0 Å². The fourth-order valence-electron chi connectivity index (χ4n) is 3.69. The first-order valence-corrected chi connectivity index (χ1v) is 11.2. The first-order valence-electron chi connectivity index (χ1n) is 11.2. The molecule has 0 saturated heterocycles. The molecular weight excluding hydrogens is 466 g/mol. The first kappa shape index (κ1) is 28.0. The number of carbonyl (C=O) groups is 1. The molecule has 0 saturated carbocycles. The molecule has 0 fully saturated rings. The molecule has 32 heavy (non-hydrogen) atoms. The van der Waals surface area contributed by atoms with Crippen molar-refractivity contribution >= 4 is 22.8 Å². The Morgan fingerprint density at radius 3 is 1.88 bits per heavy atom. The van der Waals surface area contributed by atoms with Crippen molar-refractivity contribution in [3.8, 4) is 5.75 Å². The Morgan fingerprint density at radius 1 is 0.969 bits per heavy atom. The second-order valence-corrected chi connectivity index (χ2v) is 10.3. The van der Waals surface area contributed by atoms with Crippen LogP contribution in [0.5, 0.6) is 5.75 Å². The number of aromatic nitrogens is 2. The second-order valence-electron chi connectivity index (χ2n) is 10.3. The molecule has 0 unspecified atom stereocenters. The number of benzene rings is 1. The molecule has 2 aromatic rings. The topological polar surface area (TPSA) is 71.0 Å². The van der Waals surface area contributed by atoms with Gasteiger partial charge in [-0.1, -0.05) is 67.0 Å². The Balaban J connectivity index is 0.00000512. The molecule has 0 aliphatic rings. The van der Waals surface area contributed by atoms with Crippen LogP contribution in [0.1, 0.15) is 89.7 Å². The number of nitrogens with one attached hydrogen (secondary N) is 1. The minimum Gasteiger partial charge on any atom is -0.507 e. The highest BCUT2D eigenvalue weighted by atomic mass is 79.9. The fraction of sp³-hybridized carbons (Fsp3) is 0.538. The molecule has 6 heteroatoms. The standard InChI is InChI=1S/C26H39N3O2.BrH/c1-9-18(10-2)11-12-28-13-14-29(24(28)27)17-22(30)19-15-20(25(3,4)5)23(31)21(16-19)26(6,7)8;/h11,13-16,27,31H,9-10,12,17H2,1-8H3;1H. The van der Waals surface area contributed by atoms with Gasteiger partial charge in [-0.3, -0.25) is 10.2 Å². The Labute approximate surface area is 203 Å². The zero-order valence-electron chi connectivity index (χ0n) is 20.9. The third kappa shape index (κ3) is 6.47. The van der Waals surface area contributed by atoms with E-state index in [1.807, 2.05) is 64.4 Å². The molecule has 1 aromatic carbocycles. The van der Waals surface area contributed by atoms with Crippen LogP contribution in [-0.2, 0) is 23.9 Å². The van der Waals surface area contributed by atoms with E-state index in [-0.39, 0.29) is 45.9 Å². The lowest BCUT2D eigenvalue weighted by molar-refractivity contribution is 0.0970. The van der Waals surface area contributed by atoms with E-state index in [4.69, 9.17) is 5.41 Å². The molecule has 5 nitrogen and oxygen atoms in total. The average Bonchev–Trinajstić information content (AvgIpc) is 3.00. The molecule has 0 aliphatic heterocycles. The average molecular weight is 507 g/mol. The quantitative estimate of drug-likeness (QED) is 0.343. The largest absolute Gasteiger partial charge is 0.507 e. The van der Waals surface area contributed by atoms with Crippen molar-refractivity contribution in [2.45, 2.75) is 92.2 Å². The van der Waals surface area contributed by atoms with Gasteiger partial charge in [0.1, 0.15) is 5.75 Å². The van der Waals surface area contributed by atoms with Gasteiger partial charge < -0.3 is 14.2 Å². The van der Waals surface area contributed by atoms with Gasteiger partial charge in [-0.15, -0.1) is 17.0 Å². The Kier molecular flexibility index (Phi) is 9.34. The van der Waals surface area contributed by atoms with Gasteiger partial charge in [0.15, 0.2) is 5.78 Å². The van der Waals surface area contributed by atoms with Crippen LogP contribution < -0.4 is 5.62 Å². The molecule has 178 valence electrons. The lowest BCUT2D eigenvalue weighted by atomic mass is 9.78. The number of hydrogen-bond acceptors (Lipinski definition) is 3. The Hall–Kier alpha value is -2.08. The number of aromatic hydroxyl groups is 1. The highest BCUT2D eigenvalue weighted by molar-refractivity contribution is 8.93. The summed E-state index contributed by atoms with van der Waals surface area (Å²) < 4.78 is 3.52. The summed E-state index contributed by atoms with van der Waals surface area (Å²) in [5.41, 5.74) is 3.21. The van der Waals surface area contributed by atoms with E-state index in [1.54, 1.807) is 10.8 Å². The molecule has 0 spiro atoms. The number of halogens is 1. The van der Waals surface area contributed by atoms with Crippen molar-refractivity contribution in [1.29, 1.82) is 5.41 Å². The Bertz CT molecular complexity index is 990. The predicted octanol–water partition coefficient (Wildman–Crippen LogP) is 6.28. The molecule has 0 atom stereocenters. The highest BCUT2D eigenvalue weighted by Gasteiger charge is 2.27. The third-order valence-electron chi connectivity index (χ3n) is 5.82. The molecule has 2 rings (SSSR count). The van der Waals surface area contributed by atoms with E-state index in [2.05, 4.69) is 19.9 Å². The van der Waals surface area contributed by atoms with Gasteiger partial charge in [0, 0.05) is 35.6 Å². The van der Waals surface area contributed by atoms with Crippen molar-refractivity contribution in [2.24, 2.45) is 0 Å². The Morgan fingerprint density at radius 2 is 1.44 bits per heavy atom. The molecule has 0 radical (unpaired) electrons. The molecule has 0 bridgehead atoms. The molecule has 0 aliphatic carbocycles. The second kappa shape index (κ2) is 10.7. The van der Waals surface area contributed by atoms with Crippen LogP contribution in [0.25, 0.3) is 0 Å². The van der Waals surface area contributed by atoms with Crippen LogP contribution in [0.2, 0.25) is 0 Å². The van der Waals surface area contributed by atoms with Gasteiger partial charge >= 0.3 is 0 Å². The summed E-state index contributed by atoms with van der Waals surface area (Å²) in [6.07, 6.45) is 7.83. The van der Waals surface area contributed by atoms with Crippen LogP contribution in [-0.4, -0.2) is 20.0 Å². The number of nitrogens with zero attached hydrogens (tertiary/aromatic N) is 2. The number of carbonyl (C=O) groups excluding carboxylic acids is 1. The van der Waals surface area contributed by atoms with E-state index in [9.17, 15) is 9.90 Å². The normalized spacial score (nSPS) is 11.8. The van der Waals surface area contributed by atoms with Crippen LogP contribution >= 0.6 is 17.0 Å². The van der Waals surface area contributed by atoms with Crippen molar-refractivity contribution in [3.63, 3.8) is 0 Å². The summed E-state index contributed by atoms with van der Waals surface area (Å²) in [6, 6.07) is 3.62. The summed E-state index contributed by atoms with van der Waals surface area (Å²) >= 11 is 0. The van der Waals surface area contributed by atoms with Gasteiger partial charge in [0.2, 0.25) is 5.62 Å². The van der Waals surface area contributed by atoms with E-state index in [0.29, 0.717) is 17.7 Å². The zero-order valence-corrected chi connectivity index (χ0v) is 22.6. The number of phenolic OH excluding ortho intramolecular Hbond substituents is 1. The predicted molar refractivity (Wildman–Crippen MR) is 137 cm³/mol. The zero-order chi connectivity index (χ0) is 23.6. The fourth-order valence-corrected chi connectivity index (χ4v) is 3.69. The minimum atomic E-state index is -0.292.